The molecule has 0 radical (unpaired) electrons. The topological polar surface area (TPSA) is 150 Å². The molecule has 0 saturated carbocycles. The Morgan fingerprint density at radius 2 is 1.95 bits per heavy atom. The summed E-state index contributed by atoms with van der Waals surface area (Å²) in [4.78, 5) is 27.2. The van der Waals surface area contributed by atoms with E-state index in [1.807, 2.05) is 0 Å². The molecule has 4 rings (SSSR count). The number of ether oxygens (including phenoxy) is 2. The second-order valence-electron chi connectivity index (χ2n) is 9.85. The zero-order chi connectivity index (χ0) is 29.2. The zero-order valence-corrected chi connectivity index (χ0v) is 24.0. The van der Waals surface area contributed by atoms with Crippen LogP contribution in [0.1, 0.15) is 32.8 Å². The van der Waals surface area contributed by atoms with Crippen molar-refractivity contribution < 1.29 is 37.4 Å². The molecule has 13 nitrogen and oxygen atoms in total. The maximum Gasteiger partial charge on any atom is 0.459 e. The molecule has 0 aliphatic carbocycles. The van der Waals surface area contributed by atoms with E-state index in [0.717, 1.165) is 0 Å². The molecule has 2 N–H and O–H groups in total. The summed E-state index contributed by atoms with van der Waals surface area (Å²) in [5.41, 5.74) is 0.766. The van der Waals surface area contributed by atoms with E-state index in [2.05, 4.69) is 20.0 Å². The number of para-hydroxylation sites is 1. The van der Waals surface area contributed by atoms with E-state index in [1.165, 1.54) is 17.8 Å². The molecule has 2 aromatic heterocycles. The first kappa shape index (κ1) is 29.8. The van der Waals surface area contributed by atoms with Crippen molar-refractivity contribution in [3.05, 3.63) is 42.5 Å². The molecule has 1 saturated heterocycles. The van der Waals surface area contributed by atoms with Crippen LogP contribution >= 0.6 is 7.75 Å². The van der Waals surface area contributed by atoms with E-state index in [-0.39, 0.29) is 5.75 Å². The number of imidazole rings is 1. The van der Waals surface area contributed by atoms with Crippen molar-refractivity contribution in [2.75, 3.05) is 25.6 Å². The smallest absolute Gasteiger partial charge is 0.459 e. The first-order chi connectivity index (χ1) is 18.9. The van der Waals surface area contributed by atoms with E-state index in [1.54, 1.807) is 70.1 Å². The molecule has 1 aliphatic rings. The van der Waals surface area contributed by atoms with Crippen LogP contribution in [0.15, 0.2) is 36.7 Å². The first-order valence-electron chi connectivity index (χ1n) is 12.7. The summed E-state index contributed by atoms with van der Waals surface area (Å²) in [7, 11) is -0.646. The number of aliphatic hydroxyl groups excluding tert-OH is 1. The van der Waals surface area contributed by atoms with Crippen molar-refractivity contribution >= 4 is 30.7 Å². The Bertz CT molecular complexity index is 1370. The zero-order valence-electron chi connectivity index (χ0n) is 23.1. The van der Waals surface area contributed by atoms with Gasteiger partial charge in [0.15, 0.2) is 29.4 Å². The van der Waals surface area contributed by atoms with Crippen LogP contribution in [0.5, 0.6) is 5.75 Å². The number of nitrogens with one attached hydrogen (secondary N) is 1. The molecule has 3 heterocycles. The van der Waals surface area contributed by atoms with Gasteiger partial charge in [-0.05, 0) is 39.8 Å². The number of fused-ring (bicyclic) bond motifs is 1. The van der Waals surface area contributed by atoms with Crippen molar-refractivity contribution in [1.29, 1.82) is 0 Å². The minimum Gasteiger partial charge on any atom is -0.462 e. The average molecular weight is 581 g/mol. The highest BCUT2D eigenvalue weighted by Crippen LogP contribution is 2.46. The Kier molecular flexibility index (Phi) is 9.06. The van der Waals surface area contributed by atoms with Crippen molar-refractivity contribution in [1.82, 2.24) is 24.6 Å². The van der Waals surface area contributed by atoms with E-state index in [4.69, 9.17) is 18.5 Å². The van der Waals surface area contributed by atoms with Gasteiger partial charge in [0.05, 0.1) is 19.0 Å². The molecule has 15 heteroatoms. The summed E-state index contributed by atoms with van der Waals surface area (Å²) < 4.78 is 52.7. The van der Waals surface area contributed by atoms with Gasteiger partial charge < -0.3 is 24.0 Å². The van der Waals surface area contributed by atoms with E-state index in [9.17, 15) is 14.5 Å². The second-order valence-corrected chi connectivity index (χ2v) is 11.5. The summed E-state index contributed by atoms with van der Waals surface area (Å²) in [5.74, 6) is 0.527. The fourth-order valence-corrected chi connectivity index (χ4v) is 5.58. The van der Waals surface area contributed by atoms with Crippen LogP contribution in [0.2, 0.25) is 0 Å². The van der Waals surface area contributed by atoms with Gasteiger partial charge in [0.1, 0.15) is 29.8 Å². The highest BCUT2D eigenvalue weighted by atomic mass is 31.2. The number of halogens is 1. The first-order valence-corrected chi connectivity index (χ1v) is 14.3. The molecular formula is C25H34FN6O7P. The molecule has 218 valence electrons. The monoisotopic (exact) mass is 580 g/mol. The Balaban J connectivity index is 1.53. The molecular weight excluding hydrogens is 546 g/mol. The van der Waals surface area contributed by atoms with Crippen LogP contribution in [-0.4, -0.2) is 81.8 Å². The summed E-state index contributed by atoms with van der Waals surface area (Å²) in [5, 5.41) is 13.2. The summed E-state index contributed by atoms with van der Waals surface area (Å²) >= 11 is 0. The largest absolute Gasteiger partial charge is 0.462 e. The van der Waals surface area contributed by atoms with Gasteiger partial charge in [-0.15, -0.1) is 0 Å². The number of carbonyl (C=O) groups excluding carboxylic acids is 1. The lowest BCUT2D eigenvalue weighted by Crippen LogP contribution is -2.37. The molecule has 1 aliphatic heterocycles. The number of aliphatic hydroxyl groups is 1. The normalized spacial score (nSPS) is 23.2. The van der Waals surface area contributed by atoms with Crippen LogP contribution in [0.25, 0.3) is 11.2 Å². The predicted octanol–water partition coefficient (Wildman–Crippen LogP) is 2.93. The van der Waals surface area contributed by atoms with Crippen LogP contribution in [0.4, 0.5) is 10.2 Å². The standard InChI is InChI=1S/C25H34FN6O7P/c1-14(2)37-25(34)15(3)30-40(35,39-17-10-8-7-9-11-17)36-12-18-21(33)19(26)24(38-18)32-13-27-20-22(31(5)6)28-16(4)29-23(20)32/h7-11,13-15,18-19,21,24,33H,12H2,1-6H3,(H,30,35)/t15-,18+,19-,21+,24+,40?/m0/s1. The molecule has 0 spiro atoms. The van der Waals surface area contributed by atoms with Gasteiger partial charge in [-0.3, -0.25) is 13.9 Å². The van der Waals surface area contributed by atoms with Crippen molar-refractivity contribution in [2.24, 2.45) is 0 Å². The number of anilines is 1. The third kappa shape index (κ3) is 6.58. The van der Waals surface area contributed by atoms with E-state index < -0.39 is 57.1 Å². The van der Waals surface area contributed by atoms with Crippen LogP contribution in [-0.2, 0) is 23.4 Å². The van der Waals surface area contributed by atoms with Gasteiger partial charge in [-0.25, -0.2) is 23.9 Å². The maximum absolute atomic E-state index is 15.4. The van der Waals surface area contributed by atoms with Gasteiger partial charge in [-0.1, -0.05) is 18.2 Å². The molecule has 0 bridgehead atoms. The number of aryl methyl sites for hydroxylation is 1. The van der Waals surface area contributed by atoms with Crippen LogP contribution < -0.4 is 14.5 Å². The molecule has 1 fully saturated rings. The highest BCUT2D eigenvalue weighted by molar-refractivity contribution is 7.52. The minimum absolute atomic E-state index is 0.202. The SMILES string of the molecule is Cc1nc(N(C)C)c2ncn([C@@H]3O[C@H](COP(=O)(N[C@@H](C)C(=O)OC(C)C)Oc4ccccc4)[C@@H](O)[C@@H]3F)c2n1. The van der Waals surface area contributed by atoms with Crippen molar-refractivity contribution in [3.63, 3.8) is 0 Å². The van der Waals surface area contributed by atoms with Crippen molar-refractivity contribution in [2.45, 2.75) is 64.4 Å². The molecule has 6 atom stereocenters. The Labute approximate surface area is 231 Å². The van der Waals surface area contributed by atoms with Gasteiger partial charge in [-0.2, -0.15) is 5.09 Å². The van der Waals surface area contributed by atoms with Crippen molar-refractivity contribution in [3.8, 4) is 5.75 Å². The molecule has 3 aromatic rings. The third-order valence-electron chi connectivity index (χ3n) is 5.94. The van der Waals surface area contributed by atoms with Gasteiger partial charge in [0, 0.05) is 14.1 Å². The Hall–Kier alpha value is -3.16. The summed E-state index contributed by atoms with van der Waals surface area (Å²) in [6.45, 7) is 5.99. The second kappa shape index (κ2) is 12.1. The Morgan fingerprint density at radius 1 is 1.25 bits per heavy atom. The van der Waals surface area contributed by atoms with Crippen LogP contribution in [0.3, 0.4) is 0 Å². The number of alkyl halides is 1. The van der Waals surface area contributed by atoms with Crippen LogP contribution in [0, 0.1) is 6.92 Å². The number of carbonyl (C=O) groups is 1. The number of esters is 1. The number of hydrogen-bond acceptors (Lipinski definition) is 11. The summed E-state index contributed by atoms with van der Waals surface area (Å²) in [6, 6.07) is 7.12. The van der Waals surface area contributed by atoms with E-state index in [0.29, 0.717) is 22.8 Å². The van der Waals surface area contributed by atoms with Gasteiger partial charge >= 0.3 is 13.7 Å². The fraction of sp³-hybridized carbons (Fsp3) is 0.520. The maximum atomic E-state index is 15.4. The quantitative estimate of drug-likeness (QED) is 0.254. The number of aromatic nitrogens is 4. The van der Waals surface area contributed by atoms with E-state index >= 15 is 4.39 Å². The fourth-order valence-electron chi connectivity index (χ4n) is 4.08. The number of rotatable bonds is 11. The average Bonchev–Trinajstić information content (AvgIpc) is 3.42. The molecule has 1 aromatic carbocycles. The summed E-state index contributed by atoms with van der Waals surface area (Å²) in [6.07, 6.45) is -5.07. The molecule has 1 unspecified atom stereocenters. The van der Waals surface area contributed by atoms with Gasteiger partial charge in [0.2, 0.25) is 0 Å². The lowest BCUT2D eigenvalue weighted by atomic mass is 10.1. The Morgan fingerprint density at radius 3 is 2.60 bits per heavy atom. The molecule has 0 amide bonds. The third-order valence-corrected chi connectivity index (χ3v) is 7.58. The number of nitrogens with zero attached hydrogens (tertiary/aromatic N) is 5. The number of benzene rings is 1. The minimum atomic E-state index is -4.25. The lowest BCUT2D eigenvalue weighted by molar-refractivity contribution is -0.149. The number of hydrogen-bond donors (Lipinski definition) is 2. The lowest BCUT2D eigenvalue weighted by Gasteiger charge is -2.25. The highest BCUT2D eigenvalue weighted by Gasteiger charge is 2.47. The predicted molar refractivity (Wildman–Crippen MR) is 144 cm³/mol. The molecule has 40 heavy (non-hydrogen) atoms. The van der Waals surface area contributed by atoms with Gasteiger partial charge in [0.25, 0.3) is 0 Å².